The Labute approximate surface area is 395 Å². The van der Waals surface area contributed by atoms with Crippen molar-refractivity contribution in [1.29, 1.82) is 0 Å². The molecule has 67 heavy (non-hydrogen) atoms. The topological polar surface area (TPSA) is 318 Å². The van der Waals surface area contributed by atoms with Crippen molar-refractivity contribution in [3.8, 4) is 0 Å². The van der Waals surface area contributed by atoms with E-state index in [1.54, 1.807) is 34.6 Å². The number of esters is 4. The lowest BCUT2D eigenvalue weighted by Gasteiger charge is -2.46. The largest absolute Gasteiger partial charge is 0.463 e. The number of hydrogen-bond acceptors (Lipinski definition) is 20. The van der Waals surface area contributed by atoms with Gasteiger partial charge in [-0.15, -0.1) is 0 Å². The number of carbonyl (C=O) groups excluding carboxylic acids is 4. The molecule has 0 aromatic carbocycles. The molecule has 2 fully saturated rings. The maximum Gasteiger partial charge on any atom is 0.397 e. The number of hydrogen-bond donors (Lipinski definition) is 7. The van der Waals surface area contributed by atoms with Crippen LogP contribution < -0.4 is 0 Å². The molecule has 0 bridgehead atoms. The van der Waals surface area contributed by atoms with E-state index in [2.05, 4.69) is 0 Å². The van der Waals surface area contributed by atoms with E-state index in [1.807, 2.05) is 20.8 Å². The van der Waals surface area contributed by atoms with Crippen molar-refractivity contribution in [3.05, 3.63) is 0 Å². The van der Waals surface area contributed by atoms with Gasteiger partial charge in [-0.3, -0.25) is 23.7 Å². The number of ether oxygens (including phenoxy) is 7. The lowest BCUT2D eigenvalue weighted by molar-refractivity contribution is -0.374. The molecule has 0 aromatic rings. The van der Waals surface area contributed by atoms with Gasteiger partial charge in [0.15, 0.2) is 24.6 Å². The summed E-state index contributed by atoms with van der Waals surface area (Å²) < 4.78 is 78.9. The summed E-state index contributed by atoms with van der Waals surface area (Å²) in [5.41, 5.74) is 0. The molecule has 2 heterocycles. The lowest BCUT2D eigenvalue weighted by atomic mass is 9.90. The summed E-state index contributed by atoms with van der Waals surface area (Å²) >= 11 is 0. The van der Waals surface area contributed by atoms with Crippen LogP contribution in [0.3, 0.4) is 0 Å². The fourth-order valence-corrected chi connectivity index (χ4v) is 8.68. The van der Waals surface area contributed by atoms with Gasteiger partial charge in [0, 0.05) is 6.42 Å². The van der Waals surface area contributed by atoms with Crippen molar-refractivity contribution in [2.75, 3.05) is 13.2 Å². The molecular formula is C45H80O21S. The van der Waals surface area contributed by atoms with Gasteiger partial charge in [0.1, 0.15) is 43.7 Å². The minimum absolute atomic E-state index is 0.137. The van der Waals surface area contributed by atoms with Gasteiger partial charge in [-0.2, -0.15) is 8.42 Å². The molecular weight excluding hydrogens is 909 g/mol. The summed E-state index contributed by atoms with van der Waals surface area (Å²) in [6.45, 7) is 15.6. The molecule has 0 saturated carbocycles. The highest BCUT2D eigenvalue weighted by Crippen LogP contribution is 2.34. The first-order valence-corrected chi connectivity index (χ1v) is 25.1. The SMILES string of the molecule is CCC[C@@H](O)[C@H](C)C[C@H](C)C(=O)OC[C@H]1O[C@H](O[C@H]2O[C@H](COC(=O)[C@@H](C)C[C@@H](C)[C@H](O)CCC)[C@@H](O)[C@H](OC(=O)[C@@H](C)C[C@@H](C)[C@H](O)CCC)[C@H]2OC(=O)CC)[C@H](OS(=O)(=O)O)[C@@H](O)[C@@H]1O. The predicted octanol–water partition coefficient (Wildman–Crippen LogP) is 2.51. The monoisotopic (exact) mass is 988 g/mol. The minimum atomic E-state index is -5.45. The fraction of sp³-hybridized carbons (Fsp3) is 0.911. The van der Waals surface area contributed by atoms with E-state index in [9.17, 15) is 62.8 Å². The van der Waals surface area contributed by atoms with Gasteiger partial charge in [-0.1, -0.05) is 88.5 Å². The Morgan fingerprint density at radius 2 is 0.940 bits per heavy atom. The van der Waals surface area contributed by atoms with E-state index >= 15 is 0 Å². The molecule has 0 unspecified atom stereocenters. The van der Waals surface area contributed by atoms with Gasteiger partial charge in [0.25, 0.3) is 0 Å². The van der Waals surface area contributed by atoms with Crippen LogP contribution in [0, 0.1) is 35.5 Å². The van der Waals surface area contributed by atoms with E-state index in [0.717, 1.165) is 12.8 Å². The molecule has 0 aliphatic carbocycles. The molecule has 0 radical (unpaired) electrons. The van der Waals surface area contributed by atoms with E-state index in [1.165, 1.54) is 13.8 Å². The van der Waals surface area contributed by atoms with Crippen LogP contribution in [0.5, 0.6) is 0 Å². The molecule has 0 aromatic heterocycles. The molecule has 2 rings (SSSR count). The lowest BCUT2D eigenvalue weighted by Crippen LogP contribution is -2.65. The van der Waals surface area contributed by atoms with E-state index < -0.39 is 145 Å². The molecule has 7 N–H and O–H groups in total. The maximum absolute atomic E-state index is 13.8. The Balaban J connectivity index is 2.57. The van der Waals surface area contributed by atoms with Gasteiger partial charge in [-0.05, 0) is 56.3 Å². The van der Waals surface area contributed by atoms with Crippen molar-refractivity contribution in [3.63, 3.8) is 0 Å². The zero-order valence-electron chi connectivity index (χ0n) is 40.7. The number of aliphatic hydroxyl groups is 6. The van der Waals surface area contributed by atoms with Crippen molar-refractivity contribution in [1.82, 2.24) is 0 Å². The highest BCUT2D eigenvalue weighted by molar-refractivity contribution is 7.80. The molecule has 0 amide bonds. The van der Waals surface area contributed by atoms with Gasteiger partial charge in [0.2, 0.25) is 6.29 Å². The molecule has 2 saturated heterocycles. The van der Waals surface area contributed by atoms with Crippen molar-refractivity contribution < 1.29 is 100 Å². The van der Waals surface area contributed by atoms with Gasteiger partial charge >= 0.3 is 34.3 Å². The van der Waals surface area contributed by atoms with Crippen LogP contribution in [0.15, 0.2) is 0 Å². The first kappa shape index (κ1) is 60.5. The highest BCUT2D eigenvalue weighted by Gasteiger charge is 2.55. The average Bonchev–Trinajstić information content (AvgIpc) is 3.26. The smallest absolute Gasteiger partial charge is 0.397 e. The van der Waals surface area contributed by atoms with Crippen LogP contribution in [0.4, 0.5) is 0 Å². The summed E-state index contributed by atoms with van der Waals surface area (Å²) in [6.07, 6.45) is -18.0. The summed E-state index contributed by atoms with van der Waals surface area (Å²) in [5.74, 6) is -6.69. The number of rotatable bonds is 29. The fourth-order valence-electron chi connectivity index (χ4n) is 8.20. The van der Waals surface area contributed by atoms with E-state index in [0.29, 0.717) is 25.7 Å². The van der Waals surface area contributed by atoms with Crippen LogP contribution >= 0.6 is 0 Å². The van der Waals surface area contributed by atoms with Crippen LogP contribution in [-0.4, -0.2) is 160 Å². The number of carbonyl (C=O) groups is 4. The summed E-state index contributed by atoms with van der Waals surface area (Å²) in [5, 5.41) is 65.5. The predicted molar refractivity (Wildman–Crippen MR) is 236 cm³/mol. The second kappa shape index (κ2) is 28.9. The third-order valence-electron chi connectivity index (χ3n) is 12.5. The maximum atomic E-state index is 13.8. The van der Waals surface area contributed by atoms with Gasteiger partial charge in [0.05, 0.1) is 36.1 Å². The second-order valence-electron chi connectivity index (χ2n) is 18.6. The summed E-state index contributed by atoms with van der Waals surface area (Å²) in [6, 6.07) is 0. The minimum Gasteiger partial charge on any atom is -0.463 e. The second-order valence-corrected chi connectivity index (χ2v) is 19.6. The average molecular weight is 989 g/mol. The zero-order valence-corrected chi connectivity index (χ0v) is 41.5. The van der Waals surface area contributed by atoms with Crippen LogP contribution in [-0.2, 0) is 66.9 Å². The normalized spacial score (nSPS) is 29.8. The summed E-state index contributed by atoms with van der Waals surface area (Å²) in [4.78, 5) is 53.1. The third-order valence-corrected chi connectivity index (χ3v) is 12.9. The molecule has 2 aliphatic heterocycles. The zero-order chi connectivity index (χ0) is 50.9. The Hall–Kier alpha value is -2.61. The van der Waals surface area contributed by atoms with Crippen LogP contribution in [0.1, 0.15) is 133 Å². The Kier molecular flexibility index (Phi) is 26.1. The Morgan fingerprint density at radius 3 is 1.33 bits per heavy atom. The van der Waals surface area contributed by atoms with Crippen molar-refractivity contribution in [2.24, 2.45) is 35.5 Å². The molecule has 392 valence electrons. The van der Waals surface area contributed by atoms with Gasteiger partial charge < -0.3 is 63.8 Å². The summed E-state index contributed by atoms with van der Waals surface area (Å²) in [7, 11) is -5.45. The van der Waals surface area contributed by atoms with Crippen LogP contribution in [0.2, 0.25) is 0 Å². The Morgan fingerprint density at radius 1 is 0.552 bits per heavy atom. The molecule has 0 spiro atoms. The highest BCUT2D eigenvalue weighted by atomic mass is 32.3. The first-order valence-electron chi connectivity index (χ1n) is 23.7. The number of aliphatic hydroxyl groups excluding tert-OH is 6. The third kappa shape index (κ3) is 19.3. The van der Waals surface area contributed by atoms with Crippen molar-refractivity contribution >= 4 is 34.3 Å². The molecule has 21 nitrogen and oxygen atoms in total. The molecule has 2 aliphatic rings. The van der Waals surface area contributed by atoms with E-state index in [-0.39, 0.29) is 43.4 Å². The van der Waals surface area contributed by atoms with Gasteiger partial charge in [-0.25, -0.2) is 4.18 Å². The molecule has 22 heteroatoms. The van der Waals surface area contributed by atoms with Crippen molar-refractivity contribution in [2.45, 2.75) is 213 Å². The standard InChI is InChI=1S/C45H80O21S/c1-11-15-29(46)23(5)18-26(8)41(53)59-21-32-35(50)37(52)39(66-67(56,57)58)44(61-32)65-45-40(63-34(49)14-4)38(64-43(55)28(10)20-25(7)31(48)17-13-3)36(51)33(62-45)22-60-42(54)27(9)19-24(6)30(47)16-12-2/h23-33,35-40,44-48,50-52H,11-22H2,1-10H3,(H,56,57,58)/t23-,24-,25-,26+,27+,28+,29-,30-,31-,32-,33-,35-,36-,37+,38+,39-,40-,44-,45-/m1/s1. The Bertz CT molecular complexity index is 1620. The quantitative estimate of drug-likeness (QED) is 0.0322. The van der Waals surface area contributed by atoms with Crippen LogP contribution in [0.25, 0.3) is 0 Å². The molecule has 19 atom stereocenters. The van der Waals surface area contributed by atoms with E-state index in [4.69, 9.17) is 37.3 Å². The first-order chi connectivity index (χ1) is 31.3.